The minimum atomic E-state index is -0.00502. The zero-order valence-corrected chi connectivity index (χ0v) is 7.82. The fourth-order valence-corrected chi connectivity index (χ4v) is 1.07. The summed E-state index contributed by atoms with van der Waals surface area (Å²) in [6.45, 7) is 0. The van der Waals surface area contributed by atoms with Crippen molar-refractivity contribution in [2.24, 2.45) is 0 Å². The molecule has 0 fully saturated rings. The highest BCUT2D eigenvalue weighted by molar-refractivity contribution is 6.41. The zero-order chi connectivity index (χ0) is 9.84. The monoisotopic (exact) mass is 211 g/mol. The van der Waals surface area contributed by atoms with Gasteiger partial charge in [0.05, 0.1) is 5.02 Å². The van der Waals surface area contributed by atoms with Gasteiger partial charge in [-0.05, 0) is 12.1 Å². The highest BCUT2D eigenvalue weighted by Crippen LogP contribution is 2.22. The number of allylic oxidation sites excluding steroid dienone is 1. The molecule has 0 amide bonds. The molecule has 1 rings (SSSR count). The summed E-state index contributed by atoms with van der Waals surface area (Å²) in [4.78, 5) is 2.70. The number of nitrogens with zero attached hydrogens (tertiary/aromatic N) is 2. The quantitative estimate of drug-likeness (QED) is 0.727. The molecule has 1 heterocycles. The third-order valence-corrected chi connectivity index (χ3v) is 1.98. The van der Waals surface area contributed by atoms with Crippen molar-refractivity contribution in [2.45, 2.75) is 0 Å². The van der Waals surface area contributed by atoms with E-state index >= 15 is 0 Å². The molecule has 3 nitrogen and oxygen atoms in total. The lowest BCUT2D eigenvalue weighted by atomic mass is 10.2. The van der Waals surface area contributed by atoms with Crippen molar-refractivity contribution < 1.29 is 0 Å². The third-order valence-electron chi connectivity index (χ3n) is 1.29. The summed E-state index contributed by atoms with van der Waals surface area (Å²) >= 11 is 11.3. The molecule has 0 aromatic carbocycles. The fourth-order valence-electron chi connectivity index (χ4n) is 0.745. The minimum absolute atomic E-state index is 0.00502. The number of aromatic amines is 1. The Hall–Kier alpha value is -1.42. The molecular weight excluding hydrogens is 209 g/mol. The van der Waals surface area contributed by atoms with Crippen LogP contribution in [-0.2, 0) is 0 Å². The van der Waals surface area contributed by atoms with Crippen LogP contribution in [0.4, 0.5) is 0 Å². The fraction of sp³-hybridized carbons (Fsp3) is 0. The number of rotatable bonds is 1. The van der Waals surface area contributed by atoms with E-state index in [9.17, 15) is 0 Å². The van der Waals surface area contributed by atoms with Gasteiger partial charge in [-0.25, -0.2) is 0 Å². The van der Waals surface area contributed by atoms with E-state index in [1.54, 1.807) is 18.2 Å². The average Bonchev–Trinajstić information content (AvgIpc) is 2.42. The molecular formula is C8H3Cl2N3. The molecule has 0 radical (unpaired) electrons. The van der Waals surface area contributed by atoms with Crippen LogP contribution in [0.25, 0.3) is 6.08 Å². The van der Waals surface area contributed by atoms with E-state index in [4.69, 9.17) is 33.7 Å². The second-order valence-corrected chi connectivity index (χ2v) is 2.95. The second kappa shape index (κ2) is 4.00. The van der Waals surface area contributed by atoms with Gasteiger partial charge < -0.3 is 4.98 Å². The summed E-state index contributed by atoms with van der Waals surface area (Å²) in [5.41, 5.74) is 0.530. The van der Waals surface area contributed by atoms with E-state index in [0.29, 0.717) is 15.9 Å². The van der Waals surface area contributed by atoms with Crippen molar-refractivity contribution in [3.05, 3.63) is 27.5 Å². The van der Waals surface area contributed by atoms with Crippen LogP contribution in [0.2, 0.25) is 10.2 Å². The zero-order valence-electron chi connectivity index (χ0n) is 6.31. The first-order chi connectivity index (χ1) is 6.17. The Labute approximate surface area is 84.8 Å². The maximum Gasteiger partial charge on any atom is 0.131 e. The molecule has 1 N–H and O–H groups in total. The number of nitrogens with one attached hydrogen (secondary N) is 1. The molecule has 0 unspecified atom stereocenters. The highest BCUT2D eigenvalue weighted by atomic mass is 35.5. The van der Waals surface area contributed by atoms with Crippen molar-refractivity contribution in [3.63, 3.8) is 0 Å². The first kappa shape index (κ1) is 9.67. The topological polar surface area (TPSA) is 63.4 Å². The molecule has 0 saturated carbocycles. The van der Waals surface area contributed by atoms with Crippen molar-refractivity contribution in [3.8, 4) is 12.1 Å². The third kappa shape index (κ3) is 2.26. The molecule has 0 aliphatic carbocycles. The Morgan fingerprint density at radius 3 is 2.38 bits per heavy atom. The van der Waals surface area contributed by atoms with E-state index in [2.05, 4.69) is 4.98 Å². The first-order valence-corrected chi connectivity index (χ1v) is 3.99. The molecule has 0 aliphatic rings. The standard InChI is InChI=1S/C8H3Cl2N3/c9-7-2-6(13-8(7)10)1-5(3-11)4-12/h1-2,13H. The van der Waals surface area contributed by atoms with Gasteiger partial charge in [0.2, 0.25) is 0 Å². The molecule has 0 saturated heterocycles. The molecule has 1 aromatic rings. The Balaban J connectivity index is 3.07. The molecule has 5 heteroatoms. The van der Waals surface area contributed by atoms with Crippen molar-refractivity contribution >= 4 is 29.3 Å². The number of H-pyrrole nitrogens is 1. The Morgan fingerprint density at radius 1 is 1.38 bits per heavy atom. The number of hydrogen-bond acceptors (Lipinski definition) is 2. The molecule has 0 aliphatic heterocycles. The normalized spacial score (nSPS) is 8.62. The maximum absolute atomic E-state index is 8.44. The van der Waals surface area contributed by atoms with E-state index in [1.165, 1.54) is 6.08 Å². The first-order valence-electron chi connectivity index (χ1n) is 3.23. The maximum atomic E-state index is 8.44. The predicted molar refractivity (Wildman–Crippen MR) is 50.0 cm³/mol. The van der Waals surface area contributed by atoms with Crippen LogP contribution in [-0.4, -0.2) is 4.98 Å². The minimum Gasteiger partial charge on any atom is -0.345 e. The van der Waals surface area contributed by atoms with Gasteiger partial charge in [-0.2, -0.15) is 10.5 Å². The summed E-state index contributed by atoms with van der Waals surface area (Å²) < 4.78 is 0. The summed E-state index contributed by atoms with van der Waals surface area (Å²) in [5.74, 6) is 0. The van der Waals surface area contributed by atoms with Gasteiger partial charge in [-0.15, -0.1) is 0 Å². The summed E-state index contributed by atoms with van der Waals surface area (Å²) in [7, 11) is 0. The number of halogens is 2. The van der Waals surface area contributed by atoms with Crippen LogP contribution in [0.15, 0.2) is 11.6 Å². The number of nitriles is 2. The Morgan fingerprint density at radius 2 is 2.00 bits per heavy atom. The summed E-state index contributed by atoms with van der Waals surface area (Å²) in [6.07, 6.45) is 1.37. The molecule has 0 atom stereocenters. The lowest BCUT2D eigenvalue weighted by molar-refractivity contribution is 1.37. The summed E-state index contributed by atoms with van der Waals surface area (Å²) in [5, 5.41) is 17.5. The van der Waals surface area contributed by atoms with Gasteiger partial charge in [-0.3, -0.25) is 0 Å². The Bertz CT molecular complexity index is 396. The molecule has 1 aromatic heterocycles. The van der Waals surface area contributed by atoms with E-state index in [-0.39, 0.29) is 5.57 Å². The van der Waals surface area contributed by atoms with E-state index in [0.717, 1.165) is 0 Å². The van der Waals surface area contributed by atoms with Crippen LogP contribution >= 0.6 is 23.2 Å². The summed E-state index contributed by atoms with van der Waals surface area (Å²) in [6, 6.07) is 4.99. The van der Waals surface area contributed by atoms with Crippen molar-refractivity contribution in [1.29, 1.82) is 10.5 Å². The van der Waals surface area contributed by atoms with Gasteiger partial charge in [-0.1, -0.05) is 23.2 Å². The van der Waals surface area contributed by atoms with Gasteiger partial charge in [0, 0.05) is 5.69 Å². The predicted octanol–water partition coefficient (Wildman–Crippen LogP) is 2.75. The van der Waals surface area contributed by atoms with Crippen molar-refractivity contribution in [2.75, 3.05) is 0 Å². The van der Waals surface area contributed by atoms with Gasteiger partial charge in [0.25, 0.3) is 0 Å². The van der Waals surface area contributed by atoms with Gasteiger partial charge in [0.1, 0.15) is 22.9 Å². The lowest BCUT2D eigenvalue weighted by Gasteiger charge is -1.83. The van der Waals surface area contributed by atoms with Crippen LogP contribution in [0.5, 0.6) is 0 Å². The van der Waals surface area contributed by atoms with Crippen molar-refractivity contribution in [1.82, 2.24) is 4.98 Å². The molecule has 64 valence electrons. The SMILES string of the molecule is N#CC(C#N)=Cc1cc(Cl)c(Cl)[nH]1. The van der Waals surface area contributed by atoms with Crippen LogP contribution in [0.3, 0.4) is 0 Å². The molecule has 13 heavy (non-hydrogen) atoms. The van der Waals surface area contributed by atoms with Crippen LogP contribution < -0.4 is 0 Å². The van der Waals surface area contributed by atoms with Crippen LogP contribution in [0.1, 0.15) is 5.69 Å². The average molecular weight is 212 g/mol. The van der Waals surface area contributed by atoms with Crippen LogP contribution in [0, 0.1) is 22.7 Å². The van der Waals surface area contributed by atoms with E-state index in [1.807, 2.05) is 0 Å². The smallest absolute Gasteiger partial charge is 0.131 e. The largest absolute Gasteiger partial charge is 0.345 e. The number of aromatic nitrogens is 1. The van der Waals surface area contributed by atoms with E-state index < -0.39 is 0 Å². The highest BCUT2D eigenvalue weighted by Gasteiger charge is 2.02. The van der Waals surface area contributed by atoms with Gasteiger partial charge in [0.15, 0.2) is 0 Å². The number of hydrogen-bond donors (Lipinski definition) is 1. The van der Waals surface area contributed by atoms with Gasteiger partial charge >= 0.3 is 0 Å². The lowest BCUT2D eigenvalue weighted by Crippen LogP contribution is -1.74. The Kier molecular flexibility index (Phi) is 2.97. The molecule has 0 spiro atoms. The second-order valence-electron chi connectivity index (χ2n) is 2.17. The molecule has 0 bridgehead atoms.